The Hall–Kier alpha value is -3.18. The van der Waals surface area contributed by atoms with Gasteiger partial charge in [-0.1, -0.05) is 23.7 Å². The molecule has 1 aliphatic heterocycles. The third-order valence-electron chi connectivity index (χ3n) is 4.90. The number of halogens is 5. The summed E-state index contributed by atoms with van der Waals surface area (Å²) in [4.78, 5) is 11.5. The Morgan fingerprint density at radius 3 is 2.66 bits per heavy atom. The summed E-state index contributed by atoms with van der Waals surface area (Å²) in [6.45, 7) is 0. The number of carboxylic acid groups (broad SMARTS) is 1. The van der Waals surface area contributed by atoms with Crippen molar-refractivity contribution < 1.29 is 36.9 Å². The highest BCUT2D eigenvalue weighted by atomic mass is 35.5. The molecule has 1 aliphatic rings. The van der Waals surface area contributed by atoms with Crippen molar-refractivity contribution >= 4 is 17.6 Å². The molecule has 0 fully saturated rings. The normalized spacial score (nSPS) is 17.9. The first-order chi connectivity index (χ1) is 15.1. The van der Waals surface area contributed by atoms with E-state index in [0.717, 1.165) is 18.2 Å². The van der Waals surface area contributed by atoms with Crippen LogP contribution in [0.4, 0.5) is 17.6 Å². The van der Waals surface area contributed by atoms with Crippen LogP contribution in [0.2, 0.25) is 5.02 Å². The van der Waals surface area contributed by atoms with Gasteiger partial charge in [0.25, 0.3) is 0 Å². The molecule has 1 aromatic heterocycles. The molecule has 0 aliphatic carbocycles. The summed E-state index contributed by atoms with van der Waals surface area (Å²) in [7, 11) is 1.37. The number of rotatable bonds is 4. The number of aliphatic carboxylic acids is 1. The Bertz CT molecular complexity index is 1200. The molecular weight excluding hydrogens is 458 g/mol. The lowest BCUT2D eigenvalue weighted by Crippen LogP contribution is -2.17. The predicted octanol–water partition coefficient (Wildman–Crippen LogP) is 4.72. The number of fused-ring (bicyclic) bond motifs is 3. The summed E-state index contributed by atoms with van der Waals surface area (Å²) >= 11 is 6.41. The SMILES string of the molecule is COc1cccc(C2OC(CC(=O)O)c3nnc(C(F)(F)F)n3-c3ccc(F)cc32)c1Cl. The molecule has 4 rings (SSSR count). The first-order valence-corrected chi connectivity index (χ1v) is 9.51. The van der Waals surface area contributed by atoms with Crippen LogP contribution in [0.3, 0.4) is 0 Å². The zero-order valence-electron chi connectivity index (χ0n) is 16.2. The van der Waals surface area contributed by atoms with Crippen molar-refractivity contribution in [2.75, 3.05) is 7.11 Å². The number of hydrogen-bond donors (Lipinski definition) is 1. The molecular formula is C20H14ClF4N3O4. The fourth-order valence-corrected chi connectivity index (χ4v) is 3.89. The van der Waals surface area contributed by atoms with Crippen LogP contribution >= 0.6 is 11.6 Å². The van der Waals surface area contributed by atoms with Crippen LogP contribution < -0.4 is 4.74 Å². The summed E-state index contributed by atoms with van der Waals surface area (Å²) in [6, 6.07) is 7.76. The fourth-order valence-electron chi connectivity index (χ4n) is 3.59. The second-order valence-electron chi connectivity index (χ2n) is 6.88. The molecule has 168 valence electrons. The van der Waals surface area contributed by atoms with Crippen LogP contribution in [0.1, 0.15) is 41.4 Å². The Kier molecular flexibility index (Phi) is 5.55. The smallest absolute Gasteiger partial charge is 0.452 e. The van der Waals surface area contributed by atoms with Gasteiger partial charge in [0.2, 0.25) is 5.82 Å². The zero-order chi connectivity index (χ0) is 23.2. The summed E-state index contributed by atoms with van der Waals surface area (Å²) in [5.74, 6) is -3.60. The quantitative estimate of drug-likeness (QED) is 0.554. The molecule has 2 atom stereocenters. The molecule has 32 heavy (non-hydrogen) atoms. The summed E-state index contributed by atoms with van der Waals surface area (Å²) in [6.07, 6.45) is -8.31. The van der Waals surface area contributed by atoms with Gasteiger partial charge in [-0.2, -0.15) is 13.2 Å². The standard InChI is InChI=1S/C20H14ClF4N3O4/c1-31-13-4-2-3-10(16(13)21)17-11-7-9(22)5-6-12(11)28-18(14(32-17)8-15(29)30)26-27-19(28)20(23,24)25/h2-7,14,17H,8H2,1H3,(H,29,30). The van der Waals surface area contributed by atoms with E-state index in [1.807, 2.05) is 0 Å². The van der Waals surface area contributed by atoms with Crippen LogP contribution in [-0.4, -0.2) is 33.0 Å². The Labute approximate surface area is 183 Å². The molecule has 3 aromatic rings. The maximum absolute atomic E-state index is 14.2. The lowest BCUT2D eigenvalue weighted by Gasteiger charge is -2.23. The number of alkyl halides is 3. The molecule has 0 bridgehead atoms. The number of nitrogens with zero attached hydrogens (tertiary/aromatic N) is 3. The number of carboxylic acids is 1. The van der Waals surface area contributed by atoms with Gasteiger partial charge in [0.05, 0.1) is 24.2 Å². The van der Waals surface area contributed by atoms with E-state index in [1.165, 1.54) is 13.2 Å². The second-order valence-corrected chi connectivity index (χ2v) is 7.26. The molecule has 0 amide bonds. The lowest BCUT2D eigenvalue weighted by atomic mass is 9.99. The fraction of sp³-hybridized carbons (Fsp3) is 0.250. The molecule has 1 N–H and O–H groups in total. The van der Waals surface area contributed by atoms with E-state index >= 15 is 0 Å². The van der Waals surface area contributed by atoms with Gasteiger partial charge in [-0.3, -0.25) is 9.36 Å². The average Bonchev–Trinajstić information content (AvgIpc) is 3.12. The average molecular weight is 472 g/mol. The Balaban J connectivity index is 2.03. The van der Waals surface area contributed by atoms with Crippen molar-refractivity contribution in [2.24, 2.45) is 0 Å². The van der Waals surface area contributed by atoms with Crippen molar-refractivity contribution in [1.82, 2.24) is 14.8 Å². The third kappa shape index (κ3) is 3.78. The maximum Gasteiger partial charge on any atom is 0.452 e. The van der Waals surface area contributed by atoms with E-state index in [1.54, 1.807) is 12.1 Å². The predicted molar refractivity (Wildman–Crippen MR) is 102 cm³/mol. The van der Waals surface area contributed by atoms with Crippen molar-refractivity contribution in [3.63, 3.8) is 0 Å². The van der Waals surface area contributed by atoms with Crippen molar-refractivity contribution in [3.05, 3.63) is 70.0 Å². The molecule has 0 spiro atoms. The van der Waals surface area contributed by atoms with Crippen molar-refractivity contribution in [1.29, 1.82) is 0 Å². The number of hydrogen-bond acceptors (Lipinski definition) is 5. The molecule has 0 saturated carbocycles. The van der Waals surface area contributed by atoms with Crippen LogP contribution in [0.25, 0.3) is 5.69 Å². The Morgan fingerprint density at radius 2 is 2.00 bits per heavy atom. The topological polar surface area (TPSA) is 86.5 Å². The van der Waals surface area contributed by atoms with E-state index in [-0.39, 0.29) is 33.4 Å². The number of ether oxygens (including phenoxy) is 2. The highest BCUT2D eigenvalue weighted by molar-refractivity contribution is 6.32. The van der Waals surface area contributed by atoms with Gasteiger partial charge in [0, 0.05) is 11.1 Å². The second kappa shape index (κ2) is 8.06. The van der Waals surface area contributed by atoms with Gasteiger partial charge < -0.3 is 14.6 Å². The monoisotopic (exact) mass is 471 g/mol. The van der Waals surface area contributed by atoms with E-state index in [4.69, 9.17) is 21.1 Å². The lowest BCUT2D eigenvalue weighted by molar-refractivity contribution is -0.146. The zero-order valence-corrected chi connectivity index (χ0v) is 17.0. The van der Waals surface area contributed by atoms with E-state index < -0.39 is 42.4 Å². The molecule has 2 unspecified atom stereocenters. The number of benzene rings is 2. The summed E-state index contributed by atoms with van der Waals surface area (Å²) in [5.41, 5.74) is 0.121. The minimum Gasteiger partial charge on any atom is -0.495 e. The number of carbonyl (C=O) groups is 1. The van der Waals surface area contributed by atoms with E-state index in [0.29, 0.717) is 4.57 Å². The maximum atomic E-state index is 14.2. The van der Waals surface area contributed by atoms with Gasteiger partial charge in [0.1, 0.15) is 23.8 Å². The highest BCUT2D eigenvalue weighted by Crippen LogP contribution is 2.45. The van der Waals surface area contributed by atoms with Crippen molar-refractivity contribution in [3.8, 4) is 11.4 Å². The Morgan fingerprint density at radius 1 is 1.25 bits per heavy atom. The van der Waals surface area contributed by atoms with Crippen molar-refractivity contribution in [2.45, 2.75) is 24.8 Å². The first kappa shape index (κ1) is 22.0. The third-order valence-corrected chi connectivity index (χ3v) is 5.30. The first-order valence-electron chi connectivity index (χ1n) is 9.13. The van der Waals surface area contributed by atoms with Gasteiger partial charge >= 0.3 is 12.1 Å². The summed E-state index contributed by atoms with van der Waals surface area (Å²) < 4.78 is 67.1. The van der Waals surface area contributed by atoms with Crippen LogP contribution in [0.15, 0.2) is 36.4 Å². The van der Waals surface area contributed by atoms with Crippen LogP contribution in [0.5, 0.6) is 5.75 Å². The molecule has 2 heterocycles. The minimum absolute atomic E-state index is 0.0143. The van der Waals surface area contributed by atoms with Gasteiger partial charge in [0.15, 0.2) is 5.82 Å². The molecule has 7 nitrogen and oxygen atoms in total. The highest BCUT2D eigenvalue weighted by Gasteiger charge is 2.43. The van der Waals surface area contributed by atoms with E-state index in [2.05, 4.69) is 10.2 Å². The molecule has 0 radical (unpaired) electrons. The largest absolute Gasteiger partial charge is 0.495 e. The molecule has 0 saturated heterocycles. The number of methoxy groups -OCH3 is 1. The van der Waals surface area contributed by atoms with E-state index in [9.17, 15) is 27.5 Å². The van der Waals surface area contributed by atoms with Crippen LogP contribution in [0, 0.1) is 5.82 Å². The number of aromatic nitrogens is 3. The molecule has 2 aromatic carbocycles. The van der Waals surface area contributed by atoms with Gasteiger partial charge in [-0.15, -0.1) is 10.2 Å². The summed E-state index contributed by atoms with van der Waals surface area (Å²) in [5, 5.41) is 16.2. The van der Waals surface area contributed by atoms with Gasteiger partial charge in [-0.05, 0) is 24.3 Å². The van der Waals surface area contributed by atoms with Crippen LogP contribution in [-0.2, 0) is 15.7 Å². The molecule has 12 heteroatoms. The van der Waals surface area contributed by atoms with Gasteiger partial charge in [-0.25, -0.2) is 4.39 Å². The minimum atomic E-state index is -4.92.